The van der Waals surface area contributed by atoms with Gasteiger partial charge in [0.25, 0.3) is 0 Å². The van der Waals surface area contributed by atoms with Crippen molar-refractivity contribution in [2.24, 2.45) is 10.4 Å². The van der Waals surface area contributed by atoms with E-state index in [-0.39, 0.29) is 0 Å². The molecule has 2 N–H and O–H groups in total. The van der Waals surface area contributed by atoms with E-state index in [0.29, 0.717) is 11.5 Å². The largest absolute Gasteiger partial charge is 0.356 e. The van der Waals surface area contributed by atoms with Crippen LogP contribution in [0, 0.1) is 5.41 Å². The van der Waals surface area contributed by atoms with Crippen LogP contribution in [0.4, 0.5) is 0 Å². The maximum atomic E-state index is 4.32. The molecule has 0 radical (unpaired) electrons. The molecule has 0 heterocycles. The van der Waals surface area contributed by atoms with Crippen LogP contribution in [0.5, 0.6) is 0 Å². The first-order chi connectivity index (χ1) is 10.3. The van der Waals surface area contributed by atoms with Gasteiger partial charge in [-0.1, -0.05) is 34.6 Å². The fraction of sp³-hybridized carbons (Fsp3) is 0.944. The van der Waals surface area contributed by atoms with E-state index in [9.17, 15) is 0 Å². The molecule has 0 aromatic carbocycles. The average Bonchev–Trinajstić information content (AvgIpc) is 2.45. The summed E-state index contributed by atoms with van der Waals surface area (Å²) in [4.78, 5) is 6.80. The maximum Gasteiger partial charge on any atom is 0.191 e. The van der Waals surface area contributed by atoms with Gasteiger partial charge in [-0.2, -0.15) is 0 Å². The molecule has 0 amide bonds. The number of rotatable bonds is 10. The highest BCUT2D eigenvalue weighted by Gasteiger charge is 2.10. The van der Waals surface area contributed by atoms with Gasteiger partial charge in [-0.25, -0.2) is 0 Å². The van der Waals surface area contributed by atoms with Gasteiger partial charge in [0, 0.05) is 19.6 Å². The first kappa shape index (κ1) is 21.2. The van der Waals surface area contributed by atoms with Crippen LogP contribution in [0.25, 0.3) is 0 Å². The van der Waals surface area contributed by atoms with Gasteiger partial charge in [0.1, 0.15) is 0 Å². The molecule has 132 valence electrons. The maximum absolute atomic E-state index is 4.32. The summed E-state index contributed by atoms with van der Waals surface area (Å²) in [6.07, 6.45) is 4.83. The molecule has 0 bridgehead atoms. The zero-order valence-electron chi connectivity index (χ0n) is 16.1. The van der Waals surface area contributed by atoms with Gasteiger partial charge in [0.2, 0.25) is 0 Å². The number of nitrogens with one attached hydrogen (secondary N) is 2. The van der Waals surface area contributed by atoms with Crippen molar-refractivity contribution < 1.29 is 0 Å². The third kappa shape index (κ3) is 11.8. The van der Waals surface area contributed by atoms with E-state index >= 15 is 0 Å². The minimum absolute atomic E-state index is 0.413. The normalized spacial score (nSPS) is 14.3. The first-order valence-electron chi connectivity index (χ1n) is 9.02. The second-order valence-electron chi connectivity index (χ2n) is 7.38. The number of hydrogen-bond donors (Lipinski definition) is 2. The van der Waals surface area contributed by atoms with E-state index in [1.807, 2.05) is 7.05 Å². The SMILES string of the molecule is CCN(CC)CCCC(C)NC(=NC)NCCCC(C)(C)C. The van der Waals surface area contributed by atoms with Crippen LogP contribution in [-0.4, -0.2) is 50.1 Å². The standard InChI is InChI=1S/C18H40N4/c1-8-22(9-2)15-10-12-16(3)21-17(19-7)20-14-11-13-18(4,5)6/h16H,8-15H2,1-7H3,(H2,19,20,21). The van der Waals surface area contributed by atoms with E-state index in [1.54, 1.807) is 0 Å². The number of guanidine groups is 1. The molecule has 4 nitrogen and oxygen atoms in total. The molecule has 0 spiro atoms. The molecule has 0 rings (SSSR count). The highest BCUT2D eigenvalue weighted by Crippen LogP contribution is 2.19. The van der Waals surface area contributed by atoms with Crippen molar-refractivity contribution in [3.8, 4) is 0 Å². The van der Waals surface area contributed by atoms with Crippen LogP contribution in [-0.2, 0) is 0 Å². The molecule has 4 heteroatoms. The quantitative estimate of drug-likeness (QED) is 0.368. The van der Waals surface area contributed by atoms with E-state index in [0.717, 1.165) is 25.6 Å². The molecule has 0 aliphatic heterocycles. The molecule has 0 saturated heterocycles. The van der Waals surface area contributed by atoms with E-state index in [4.69, 9.17) is 0 Å². The number of aliphatic imine (C=N–C) groups is 1. The summed E-state index contributed by atoms with van der Waals surface area (Å²) in [6.45, 7) is 18.0. The van der Waals surface area contributed by atoms with Crippen molar-refractivity contribution >= 4 is 5.96 Å². The smallest absolute Gasteiger partial charge is 0.191 e. The van der Waals surface area contributed by atoms with Gasteiger partial charge >= 0.3 is 0 Å². The van der Waals surface area contributed by atoms with Crippen LogP contribution in [0.1, 0.15) is 67.2 Å². The van der Waals surface area contributed by atoms with Gasteiger partial charge in [-0.15, -0.1) is 0 Å². The van der Waals surface area contributed by atoms with Crippen molar-refractivity contribution in [3.63, 3.8) is 0 Å². The lowest BCUT2D eigenvalue weighted by atomic mass is 9.91. The van der Waals surface area contributed by atoms with Crippen LogP contribution >= 0.6 is 0 Å². The Bertz CT molecular complexity index is 290. The summed E-state index contributed by atoms with van der Waals surface area (Å²) in [5, 5.41) is 6.92. The Morgan fingerprint density at radius 2 is 1.77 bits per heavy atom. The molecule has 0 fully saturated rings. The Morgan fingerprint density at radius 1 is 1.14 bits per heavy atom. The lowest BCUT2D eigenvalue weighted by Gasteiger charge is -2.22. The van der Waals surface area contributed by atoms with Crippen molar-refractivity contribution in [2.75, 3.05) is 33.2 Å². The molecule has 22 heavy (non-hydrogen) atoms. The van der Waals surface area contributed by atoms with Gasteiger partial charge in [0.05, 0.1) is 0 Å². The van der Waals surface area contributed by atoms with E-state index in [2.05, 4.69) is 62.1 Å². The Hall–Kier alpha value is -0.770. The van der Waals surface area contributed by atoms with Crippen molar-refractivity contribution in [1.29, 1.82) is 0 Å². The van der Waals surface area contributed by atoms with Crippen molar-refractivity contribution in [2.45, 2.75) is 73.3 Å². The lowest BCUT2D eigenvalue weighted by Crippen LogP contribution is -2.42. The zero-order valence-corrected chi connectivity index (χ0v) is 16.1. The van der Waals surface area contributed by atoms with Crippen molar-refractivity contribution in [3.05, 3.63) is 0 Å². The summed E-state index contributed by atoms with van der Waals surface area (Å²) in [6, 6.07) is 0.462. The Kier molecular flexibility index (Phi) is 11.3. The topological polar surface area (TPSA) is 39.7 Å². The summed E-state index contributed by atoms with van der Waals surface area (Å²) in [7, 11) is 1.85. The second kappa shape index (κ2) is 11.8. The fourth-order valence-electron chi connectivity index (χ4n) is 2.49. The third-order valence-corrected chi connectivity index (χ3v) is 4.01. The minimum atomic E-state index is 0.413. The molecule has 0 aromatic heterocycles. The van der Waals surface area contributed by atoms with Gasteiger partial charge in [0.15, 0.2) is 5.96 Å². The summed E-state index contributed by atoms with van der Waals surface area (Å²) >= 11 is 0. The van der Waals surface area contributed by atoms with Crippen LogP contribution in [0.2, 0.25) is 0 Å². The number of nitrogens with zero attached hydrogens (tertiary/aromatic N) is 2. The van der Waals surface area contributed by atoms with E-state index < -0.39 is 0 Å². The fourth-order valence-corrected chi connectivity index (χ4v) is 2.49. The van der Waals surface area contributed by atoms with Gasteiger partial charge < -0.3 is 15.5 Å². The van der Waals surface area contributed by atoms with Crippen molar-refractivity contribution in [1.82, 2.24) is 15.5 Å². The predicted octanol–water partition coefficient (Wildman–Crippen LogP) is 3.49. The van der Waals surface area contributed by atoms with Gasteiger partial charge in [-0.3, -0.25) is 4.99 Å². The first-order valence-corrected chi connectivity index (χ1v) is 9.02. The van der Waals surface area contributed by atoms with Crippen LogP contribution in [0.15, 0.2) is 4.99 Å². The molecule has 1 unspecified atom stereocenters. The molecule has 0 aromatic rings. The summed E-state index contributed by atoms with van der Waals surface area (Å²) < 4.78 is 0. The minimum Gasteiger partial charge on any atom is -0.356 e. The number of hydrogen-bond acceptors (Lipinski definition) is 2. The Labute approximate surface area is 139 Å². The summed E-state index contributed by atoms with van der Waals surface area (Å²) in [5.74, 6) is 0.934. The van der Waals surface area contributed by atoms with Gasteiger partial charge in [-0.05, 0) is 57.7 Å². The third-order valence-electron chi connectivity index (χ3n) is 4.01. The molecule has 0 aliphatic carbocycles. The zero-order chi connectivity index (χ0) is 17.0. The van der Waals surface area contributed by atoms with Crippen LogP contribution < -0.4 is 10.6 Å². The molecular formula is C18H40N4. The Balaban J connectivity index is 3.87. The Morgan fingerprint density at radius 3 is 2.27 bits per heavy atom. The van der Waals surface area contributed by atoms with E-state index in [1.165, 1.54) is 32.2 Å². The average molecular weight is 313 g/mol. The highest BCUT2D eigenvalue weighted by atomic mass is 15.2. The molecular weight excluding hydrogens is 272 g/mol. The monoisotopic (exact) mass is 312 g/mol. The molecule has 0 saturated carbocycles. The predicted molar refractivity (Wildman–Crippen MR) is 99.7 cm³/mol. The lowest BCUT2D eigenvalue weighted by molar-refractivity contribution is 0.292. The molecule has 0 aliphatic rings. The second-order valence-corrected chi connectivity index (χ2v) is 7.38. The van der Waals surface area contributed by atoms with Crippen LogP contribution in [0.3, 0.4) is 0 Å². The molecule has 1 atom stereocenters. The highest BCUT2D eigenvalue weighted by molar-refractivity contribution is 5.79. The summed E-state index contributed by atoms with van der Waals surface area (Å²) in [5.41, 5.74) is 0.413.